The fourth-order valence-electron chi connectivity index (χ4n) is 2.67. The summed E-state index contributed by atoms with van der Waals surface area (Å²) in [6.07, 6.45) is 3.29. The van der Waals surface area contributed by atoms with Gasteiger partial charge in [-0.05, 0) is 62.9 Å². The molecule has 0 saturated carbocycles. The maximum absolute atomic E-state index is 5.41. The van der Waals surface area contributed by atoms with Crippen LogP contribution in [0.25, 0.3) is 11.4 Å². The molecule has 106 valence electrons. The minimum absolute atomic E-state index is 0.671. The van der Waals surface area contributed by atoms with E-state index in [1.807, 2.05) is 0 Å². The number of nitrogens with zero attached hydrogens (tertiary/aromatic N) is 2. The maximum Gasteiger partial charge on any atom is 0.227 e. The molecule has 0 radical (unpaired) electrons. The number of hydrogen-bond acceptors (Lipinski definition) is 4. The Bertz CT molecular complexity index is 585. The third-order valence-electron chi connectivity index (χ3n) is 4.16. The molecule has 0 atom stereocenters. The Balaban J connectivity index is 1.73. The lowest BCUT2D eigenvalue weighted by Gasteiger charge is -2.20. The predicted octanol–water partition coefficient (Wildman–Crippen LogP) is 2.90. The van der Waals surface area contributed by atoms with Crippen LogP contribution in [0, 0.1) is 19.8 Å². The molecule has 3 rings (SSSR count). The average Bonchev–Trinajstić information content (AvgIpc) is 2.91. The van der Waals surface area contributed by atoms with Gasteiger partial charge in [0.2, 0.25) is 11.7 Å². The van der Waals surface area contributed by atoms with Crippen molar-refractivity contribution in [1.82, 2.24) is 15.5 Å². The summed E-state index contributed by atoms with van der Waals surface area (Å²) in [5, 5.41) is 7.50. The highest BCUT2D eigenvalue weighted by Gasteiger charge is 2.17. The molecule has 0 bridgehead atoms. The van der Waals surface area contributed by atoms with Gasteiger partial charge in [0.05, 0.1) is 0 Å². The van der Waals surface area contributed by atoms with Crippen molar-refractivity contribution in [2.45, 2.75) is 33.1 Å². The van der Waals surface area contributed by atoms with Crippen LogP contribution >= 0.6 is 0 Å². The van der Waals surface area contributed by atoms with Crippen LogP contribution in [-0.4, -0.2) is 23.2 Å². The quantitative estimate of drug-likeness (QED) is 0.932. The normalized spacial score (nSPS) is 16.5. The van der Waals surface area contributed by atoms with Gasteiger partial charge in [-0.2, -0.15) is 4.98 Å². The molecule has 1 aliphatic heterocycles. The summed E-state index contributed by atoms with van der Waals surface area (Å²) < 4.78 is 5.41. The lowest BCUT2D eigenvalue weighted by Crippen LogP contribution is -2.28. The summed E-state index contributed by atoms with van der Waals surface area (Å²) in [5.41, 5.74) is 3.58. The molecule has 1 N–H and O–H groups in total. The first-order chi connectivity index (χ1) is 9.72. The van der Waals surface area contributed by atoms with E-state index in [2.05, 4.69) is 47.5 Å². The molecule has 1 fully saturated rings. The van der Waals surface area contributed by atoms with E-state index in [4.69, 9.17) is 4.52 Å². The molecule has 20 heavy (non-hydrogen) atoms. The molecule has 4 heteroatoms. The van der Waals surface area contributed by atoms with E-state index in [1.165, 1.54) is 24.0 Å². The topological polar surface area (TPSA) is 51.0 Å². The van der Waals surface area contributed by atoms with Crippen molar-refractivity contribution in [1.29, 1.82) is 0 Å². The monoisotopic (exact) mass is 271 g/mol. The van der Waals surface area contributed by atoms with Gasteiger partial charge in [-0.1, -0.05) is 17.3 Å². The highest BCUT2D eigenvalue weighted by Crippen LogP contribution is 2.22. The van der Waals surface area contributed by atoms with Crippen molar-refractivity contribution in [3.63, 3.8) is 0 Å². The fraction of sp³-hybridized carbons (Fsp3) is 0.500. The molecule has 0 amide bonds. The summed E-state index contributed by atoms with van der Waals surface area (Å²) in [6.45, 7) is 6.42. The number of nitrogens with one attached hydrogen (secondary N) is 1. The lowest BCUT2D eigenvalue weighted by atomic mass is 9.95. The van der Waals surface area contributed by atoms with Crippen molar-refractivity contribution in [2.24, 2.45) is 5.92 Å². The zero-order valence-corrected chi connectivity index (χ0v) is 12.1. The Hall–Kier alpha value is -1.68. The van der Waals surface area contributed by atoms with E-state index in [-0.39, 0.29) is 0 Å². The second kappa shape index (κ2) is 5.75. The van der Waals surface area contributed by atoms with Crippen LogP contribution in [0.4, 0.5) is 0 Å². The number of piperidine rings is 1. The molecule has 0 aliphatic carbocycles. The summed E-state index contributed by atoms with van der Waals surface area (Å²) in [7, 11) is 0. The number of aryl methyl sites for hydroxylation is 2. The molecular weight excluding hydrogens is 250 g/mol. The Morgan fingerprint density at radius 3 is 2.75 bits per heavy atom. The van der Waals surface area contributed by atoms with Crippen LogP contribution in [0.15, 0.2) is 22.7 Å². The summed E-state index contributed by atoms with van der Waals surface area (Å²) >= 11 is 0. The Morgan fingerprint density at radius 2 is 2.00 bits per heavy atom. The minimum Gasteiger partial charge on any atom is -0.339 e. The molecule has 4 nitrogen and oxygen atoms in total. The van der Waals surface area contributed by atoms with Gasteiger partial charge in [-0.25, -0.2) is 0 Å². The highest BCUT2D eigenvalue weighted by molar-refractivity contribution is 5.56. The van der Waals surface area contributed by atoms with Crippen molar-refractivity contribution in [2.75, 3.05) is 13.1 Å². The lowest BCUT2D eigenvalue weighted by molar-refractivity contribution is 0.313. The molecule has 1 aromatic carbocycles. The standard InChI is InChI=1S/C16H21N3O/c1-11-3-4-14(9-12(11)2)16-18-15(20-19-16)10-13-5-7-17-8-6-13/h3-4,9,13,17H,5-8,10H2,1-2H3. The van der Waals surface area contributed by atoms with Crippen LogP contribution < -0.4 is 5.32 Å². The molecule has 0 spiro atoms. The van der Waals surface area contributed by atoms with E-state index in [0.29, 0.717) is 11.7 Å². The molecule has 0 unspecified atom stereocenters. The number of rotatable bonds is 3. The average molecular weight is 271 g/mol. The summed E-state index contributed by atoms with van der Waals surface area (Å²) in [4.78, 5) is 4.55. The van der Waals surface area contributed by atoms with Crippen LogP contribution in [0.2, 0.25) is 0 Å². The molecule has 1 aliphatic rings. The van der Waals surface area contributed by atoms with Crippen LogP contribution in [-0.2, 0) is 6.42 Å². The third kappa shape index (κ3) is 2.90. The molecular formula is C16H21N3O. The number of hydrogen-bond donors (Lipinski definition) is 1. The first-order valence-electron chi connectivity index (χ1n) is 7.33. The SMILES string of the molecule is Cc1ccc(-c2noc(CC3CCNCC3)n2)cc1C. The van der Waals surface area contributed by atoms with E-state index >= 15 is 0 Å². The number of benzene rings is 1. The van der Waals surface area contributed by atoms with Gasteiger partial charge in [0.1, 0.15) is 0 Å². The second-order valence-electron chi connectivity index (χ2n) is 5.71. The van der Waals surface area contributed by atoms with Gasteiger partial charge in [0, 0.05) is 12.0 Å². The highest BCUT2D eigenvalue weighted by atomic mass is 16.5. The van der Waals surface area contributed by atoms with Crippen LogP contribution in [0.3, 0.4) is 0 Å². The molecule has 2 aromatic rings. The van der Waals surface area contributed by atoms with Crippen molar-refractivity contribution in [3.05, 3.63) is 35.2 Å². The fourth-order valence-corrected chi connectivity index (χ4v) is 2.67. The first kappa shape index (κ1) is 13.3. The van der Waals surface area contributed by atoms with Crippen molar-refractivity contribution < 1.29 is 4.52 Å². The Kier molecular flexibility index (Phi) is 3.83. The maximum atomic E-state index is 5.41. The summed E-state index contributed by atoms with van der Waals surface area (Å²) in [5.74, 6) is 2.14. The third-order valence-corrected chi connectivity index (χ3v) is 4.16. The van der Waals surface area contributed by atoms with Gasteiger partial charge >= 0.3 is 0 Å². The van der Waals surface area contributed by atoms with E-state index in [1.54, 1.807) is 0 Å². The van der Waals surface area contributed by atoms with E-state index < -0.39 is 0 Å². The smallest absolute Gasteiger partial charge is 0.227 e. The first-order valence-corrected chi connectivity index (χ1v) is 7.33. The Labute approximate surface area is 119 Å². The van der Waals surface area contributed by atoms with Crippen LogP contribution in [0.5, 0.6) is 0 Å². The van der Waals surface area contributed by atoms with E-state index in [0.717, 1.165) is 31.0 Å². The molecule has 1 saturated heterocycles. The molecule has 2 heterocycles. The summed E-state index contributed by atoms with van der Waals surface area (Å²) in [6, 6.07) is 6.28. The molecule has 1 aromatic heterocycles. The van der Waals surface area contributed by atoms with E-state index in [9.17, 15) is 0 Å². The van der Waals surface area contributed by atoms with Gasteiger partial charge in [-0.3, -0.25) is 0 Å². The van der Waals surface area contributed by atoms with Gasteiger partial charge in [-0.15, -0.1) is 0 Å². The minimum atomic E-state index is 0.671. The largest absolute Gasteiger partial charge is 0.339 e. The zero-order valence-electron chi connectivity index (χ0n) is 12.1. The second-order valence-corrected chi connectivity index (χ2v) is 5.71. The van der Waals surface area contributed by atoms with Gasteiger partial charge < -0.3 is 9.84 Å². The zero-order chi connectivity index (χ0) is 13.9. The van der Waals surface area contributed by atoms with Crippen LogP contribution in [0.1, 0.15) is 29.9 Å². The Morgan fingerprint density at radius 1 is 1.20 bits per heavy atom. The van der Waals surface area contributed by atoms with Gasteiger partial charge in [0.25, 0.3) is 0 Å². The van der Waals surface area contributed by atoms with Crippen molar-refractivity contribution in [3.8, 4) is 11.4 Å². The van der Waals surface area contributed by atoms with Gasteiger partial charge in [0.15, 0.2) is 0 Å². The number of aromatic nitrogens is 2. The predicted molar refractivity (Wildman–Crippen MR) is 78.5 cm³/mol. The van der Waals surface area contributed by atoms with Crippen molar-refractivity contribution >= 4 is 0 Å².